The zero-order valence-electron chi connectivity index (χ0n) is 10.4. The van der Waals surface area contributed by atoms with E-state index in [0.29, 0.717) is 6.54 Å². The molecule has 0 aliphatic rings. The Morgan fingerprint density at radius 1 is 1.12 bits per heavy atom. The van der Waals surface area contributed by atoms with E-state index in [1.165, 1.54) is 11.1 Å². The number of hydrogen-bond donors (Lipinski definition) is 2. The van der Waals surface area contributed by atoms with Gasteiger partial charge in [-0.2, -0.15) is 0 Å². The predicted molar refractivity (Wildman–Crippen MR) is 68.4 cm³/mol. The molecule has 1 rings (SSSR count). The van der Waals surface area contributed by atoms with Crippen LogP contribution in [-0.4, -0.2) is 18.3 Å². The molecule has 0 spiro atoms. The Balaban J connectivity index is 2.77. The van der Waals surface area contributed by atoms with Crippen LogP contribution in [0, 0.1) is 5.41 Å². The van der Waals surface area contributed by atoms with E-state index in [-0.39, 0.29) is 12.0 Å². The zero-order chi connectivity index (χ0) is 12.0. The molecular formula is C14H23NO. The number of hydrogen-bond acceptors (Lipinski definition) is 2. The van der Waals surface area contributed by atoms with E-state index < -0.39 is 0 Å². The molecule has 1 atom stereocenters. The molecule has 0 aliphatic heterocycles. The van der Waals surface area contributed by atoms with Gasteiger partial charge in [0, 0.05) is 12.0 Å². The second kappa shape index (κ2) is 6.02. The van der Waals surface area contributed by atoms with Crippen molar-refractivity contribution in [3.8, 4) is 0 Å². The maximum atomic E-state index is 9.46. The van der Waals surface area contributed by atoms with Crippen LogP contribution in [0.1, 0.15) is 31.4 Å². The third-order valence-corrected chi connectivity index (χ3v) is 3.53. The zero-order valence-corrected chi connectivity index (χ0v) is 10.4. The lowest BCUT2D eigenvalue weighted by Gasteiger charge is -2.29. The summed E-state index contributed by atoms with van der Waals surface area (Å²) in [6, 6.07) is 8.61. The topological polar surface area (TPSA) is 46.2 Å². The Hall–Kier alpha value is -0.860. The maximum Gasteiger partial charge on any atom is 0.0502 e. The Morgan fingerprint density at radius 2 is 1.69 bits per heavy atom. The smallest absolute Gasteiger partial charge is 0.0502 e. The number of aliphatic hydroxyl groups excluding tert-OH is 1. The van der Waals surface area contributed by atoms with Gasteiger partial charge >= 0.3 is 0 Å². The summed E-state index contributed by atoms with van der Waals surface area (Å²) in [4.78, 5) is 0. The Morgan fingerprint density at radius 3 is 2.06 bits per heavy atom. The van der Waals surface area contributed by atoms with Crippen molar-refractivity contribution >= 4 is 0 Å². The normalized spacial score (nSPS) is 14.8. The van der Waals surface area contributed by atoms with Crippen molar-refractivity contribution in [2.24, 2.45) is 11.1 Å². The van der Waals surface area contributed by atoms with Crippen LogP contribution in [0.15, 0.2) is 24.3 Å². The molecule has 2 nitrogen and oxygen atoms in total. The van der Waals surface area contributed by atoms with Crippen LogP contribution < -0.4 is 5.73 Å². The van der Waals surface area contributed by atoms with Gasteiger partial charge in [0.15, 0.2) is 0 Å². The van der Waals surface area contributed by atoms with E-state index in [1.54, 1.807) is 0 Å². The molecule has 0 saturated heterocycles. The summed E-state index contributed by atoms with van der Waals surface area (Å²) in [7, 11) is 0. The number of benzene rings is 1. The van der Waals surface area contributed by atoms with E-state index in [0.717, 1.165) is 19.3 Å². The van der Waals surface area contributed by atoms with Crippen LogP contribution >= 0.6 is 0 Å². The highest BCUT2D eigenvalue weighted by Gasteiger charge is 2.25. The van der Waals surface area contributed by atoms with Crippen LogP contribution in [0.4, 0.5) is 0 Å². The fourth-order valence-electron chi connectivity index (χ4n) is 1.90. The van der Waals surface area contributed by atoms with Gasteiger partial charge in [0.25, 0.3) is 0 Å². The lowest BCUT2D eigenvalue weighted by atomic mass is 9.80. The number of aryl methyl sites for hydroxylation is 1. The molecule has 1 aromatic rings. The molecule has 90 valence electrons. The summed E-state index contributed by atoms with van der Waals surface area (Å²) in [6.45, 7) is 4.94. The van der Waals surface area contributed by atoms with Crippen molar-refractivity contribution in [1.82, 2.24) is 0 Å². The standard InChI is InChI=1S/C14H23NO/c1-3-12-5-7-13(8-6-12)9-14(4-2,10-15)11-16/h5-8,16H,3-4,9-11,15H2,1-2H3. The maximum absolute atomic E-state index is 9.46. The fourth-order valence-corrected chi connectivity index (χ4v) is 1.90. The second-order valence-corrected chi connectivity index (χ2v) is 4.56. The number of rotatable bonds is 6. The van der Waals surface area contributed by atoms with E-state index >= 15 is 0 Å². The van der Waals surface area contributed by atoms with E-state index in [2.05, 4.69) is 38.1 Å². The molecule has 3 N–H and O–H groups in total. The lowest BCUT2D eigenvalue weighted by molar-refractivity contribution is 0.127. The Bertz CT molecular complexity index is 293. The first-order chi connectivity index (χ1) is 7.69. The first kappa shape index (κ1) is 13.2. The molecule has 0 saturated carbocycles. The molecular weight excluding hydrogens is 198 g/mol. The Kier molecular flexibility index (Phi) is 4.97. The van der Waals surface area contributed by atoms with Crippen molar-refractivity contribution in [3.63, 3.8) is 0 Å². The molecule has 0 aliphatic carbocycles. The average molecular weight is 221 g/mol. The molecule has 2 heteroatoms. The van der Waals surface area contributed by atoms with E-state index in [9.17, 15) is 5.11 Å². The van der Waals surface area contributed by atoms with E-state index in [1.807, 2.05) is 0 Å². The molecule has 0 bridgehead atoms. The van der Waals surface area contributed by atoms with Crippen LogP contribution in [0.3, 0.4) is 0 Å². The van der Waals surface area contributed by atoms with Gasteiger partial charge in [-0.15, -0.1) is 0 Å². The summed E-state index contributed by atoms with van der Waals surface area (Å²) in [5.74, 6) is 0. The highest BCUT2D eigenvalue weighted by Crippen LogP contribution is 2.25. The van der Waals surface area contributed by atoms with Gasteiger partial charge in [0.1, 0.15) is 0 Å². The summed E-state index contributed by atoms with van der Waals surface area (Å²) < 4.78 is 0. The summed E-state index contributed by atoms with van der Waals surface area (Å²) in [5.41, 5.74) is 8.24. The third kappa shape index (κ3) is 3.06. The van der Waals surface area contributed by atoms with Crippen LogP contribution in [0.5, 0.6) is 0 Å². The van der Waals surface area contributed by atoms with Gasteiger partial charge in [0.2, 0.25) is 0 Å². The van der Waals surface area contributed by atoms with E-state index in [4.69, 9.17) is 5.73 Å². The molecule has 0 amide bonds. The second-order valence-electron chi connectivity index (χ2n) is 4.56. The molecule has 1 unspecified atom stereocenters. The molecule has 0 heterocycles. The van der Waals surface area contributed by atoms with Crippen LogP contribution in [0.25, 0.3) is 0 Å². The minimum atomic E-state index is -0.145. The highest BCUT2D eigenvalue weighted by atomic mass is 16.3. The highest BCUT2D eigenvalue weighted by molar-refractivity contribution is 5.23. The molecule has 0 aromatic heterocycles. The van der Waals surface area contributed by atoms with Crippen LogP contribution in [0.2, 0.25) is 0 Å². The minimum absolute atomic E-state index is 0.145. The van der Waals surface area contributed by atoms with Gasteiger partial charge in [-0.25, -0.2) is 0 Å². The lowest BCUT2D eigenvalue weighted by Crippen LogP contribution is -2.35. The number of aliphatic hydroxyl groups is 1. The molecule has 16 heavy (non-hydrogen) atoms. The van der Waals surface area contributed by atoms with Gasteiger partial charge in [-0.05, 0) is 30.4 Å². The summed E-state index contributed by atoms with van der Waals surface area (Å²) >= 11 is 0. The monoisotopic (exact) mass is 221 g/mol. The first-order valence-electron chi connectivity index (χ1n) is 6.08. The third-order valence-electron chi connectivity index (χ3n) is 3.53. The Labute approximate surface area is 98.5 Å². The van der Waals surface area contributed by atoms with Gasteiger partial charge < -0.3 is 10.8 Å². The van der Waals surface area contributed by atoms with Crippen molar-refractivity contribution < 1.29 is 5.11 Å². The van der Waals surface area contributed by atoms with Gasteiger partial charge in [0.05, 0.1) is 6.61 Å². The molecule has 0 radical (unpaired) electrons. The van der Waals surface area contributed by atoms with Crippen molar-refractivity contribution in [3.05, 3.63) is 35.4 Å². The van der Waals surface area contributed by atoms with Gasteiger partial charge in [-0.1, -0.05) is 38.1 Å². The average Bonchev–Trinajstić information content (AvgIpc) is 2.37. The first-order valence-corrected chi connectivity index (χ1v) is 6.08. The predicted octanol–water partition coefficient (Wildman–Crippen LogP) is 2.14. The largest absolute Gasteiger partial charge is 0.396 e. The van der Waals surface area contributed by atoms with Gasteiger partial charge in [-0.3, -0.25) is 0 Å². The number of nitrogens with two attached hydrogens (primary N) is 1. The summed E-state index contributed by atoms with van der Waals surface area (Å²) in [6.07, 6.45) is 2.84. The molecule has 0 fully saturated rings. The van der Waals surface area contributed by atoms with Crippen molar-refractivity contribution in [1.29, 1.82) is 0 Å². The fraction of sp³-hybridized carbons (Fsp3) is 0.571. The SMILES string of the molecule is CCc1ccc(CC(CC)(CN)CO)cc1. The summed E-state index contributed by atoms with van der Waals surface area (Å²) in [5, 5.41) is 9.46. The molecule has 1 aromatic carbocycles. The van der Waals surface area contributed by atoms with Crippen molar-refractivity contribution in [2.45, 2.75) is 33.1 Å². The minimum Gasteiger partial charge on any atom is -0.396 e. The van der Waals surface area contributed by atoms with Crippen LogP contribution in [-0.2, 0) is 12.8 Å². The van der Waals surface area contributed by atoms with Crippen molar-refractivity contribution in [2.75, 3.05) is 13.2 Å². The quantitative estimate of drug-likeness (QED) is 0.773.